The summed E-state index contributed by atoms with van der Waals surface area (Å²) in [5.41, 5.74) is 1.43. The SMILES string of the molecule is COc1cc(NC(=O)CCNc2ccc3c(c2)OCO3)cc(OC)c1OC. The number of hydrogen-bond donors (Lipinski definition) is 2. The van der Waals surface area contributed by atoms with Crippen LogP contribution in [-0.4, -0.2) is 40.6 Å². The van der Waals surface area contributed by atoms with Gasteiger partial charge < -0.3 is 34.3 Å². The Balaban J connectivity index is 1.56. The first-order chi connectivity index (χ1) is 13.1. The topological polar surface area (TPSA) is 87.3 Å². The van der Waals surface area contributed by atoms with Crippen LogP contribution in [0.15, 0.2) is 30.3 Å². The number of hydrogen-bond acceptors (Lipinski definition) is 7. The molecular formula is C19H22N2O6. The molecule has 0 spiro atoms. The van der Waals surface area contributed by atoms with E-state index in [4.69, 9.17) is 23.7 Å². The third-order valence-electron chi connectivity index (χ3n) is 4.00. The highest BCUT2D eigenvalue weighted by Crippen LogP contribution is 2.40. The fourth-order valence-corrected chi connectivity index (χ4v) is 2.70. The van der Waals surface area contributed by atoms with Crippen molar-refractivity contribution in [3.8, 4) is 28.7 Å². The summed E-state index contributed by atoms with van der Waals surface area (Å²) in [5, 5.41) is 6.02. The number of carbonyl (C=O) groups excluding carboxylic acids is 1. The lowest BCUT2D eigenvalue weighted by Gasteiger charge is -2.14. The summed E-state index contributed by atoms with van der Waals surface area (Å²) in [7, 11) is 4.58. The number of amides is 1. The first kappa shape index (κ1) is 18.5. The molecule has 1 aliphatic heterocycles. The zero-order valence-electron chi connectivity index (χ0n) is 15.5. The van der Waals surface area contributed by atoms with E-state index in [0.717, 1.165) is 11.4 Å². The van der Waals surface area contributed by atoms with E-state index >= 15 is 0 Å². The van der Waals surface area contributed by atoms with Crippen molar-refractivity contribution >= 4 is 17.3 Å². The number of anilines is 2. The predicted octanol–water partition coefficient (Wildman–Crippen LogP) is 2.88. The number of benzene rings is 2. The average Bonchev–Trinajstić information content (AvgIpc) is 3.15. The Bertz CT molecular complexity index is 799. The molecule has 0 unspecified atom stereocenters. The normalized spacial score (nSPS) is 11.7. The second-order valence-electron chi connectivity index (χ2n) is 5.71. The Morgan fingerprint density at radius 3 is 2.33 bits per heavy atom. The van der Waals surface area contributed by atoms with Gasteiger partial charge in [0.15, 0.2) is 23.0 Å². The first-order valence-corrected chi connectivity index (χ1v) is 8.38. The molecule has 144 valence electrons. The van der Waals surface area contributed by atoms with Gasteiger partial charge in [-0.3, -0.25) is 4.79 Å². The van der Waals surface area contributed by atoms with Crippen LogP contribution >= 0.6 is 0 Å². The zero-order chi connectivity index (χ0) is 19.2. The molecule has 1 aliphatic rings. The third-order valence-corrected chi connectivity index (χ3v) is 4.00. The molecule has 0 bridgehead atoms. The van der Waals surface area contributed by atoms with Crippen molar-refractivity contribution in [2.24, 2.45) is 0 Å². The van der Waals surface area contributed by atoms with Crippen molar-refractivity contribution in [2.75, 3.05) is 45.3 Å². The summed E-state index contributed by atoms with van der Waals surface area (Å²) in [5.74, 6) is 2.71. The maximum atomic E-state index is 12.2. The minimum absolute atomic E-state index is 0.141. The molecule has 2 aromatic rings. The summed E-state index contributed by atoms with van der Waals surface area (Å²) in [6, 6.07) is 8.93. The maximum absolute atomic E-state index is 12.2. The molecule has 2 N–H and O–H groups in total. The van der Waals surface area contributed by atoms with Gasteiger partial charge in [0.1, 0.15) is 0 Å². The zero-order valence-corrected chi connectivity index (χ0v) is 15.5. The first-order valence-electron chi connectivity index (χ1n) is 8.38. The van der Waals surface area contributed by atoms with Gasteiger partial charge in [-0.15, -0.1) is 0 Å². The highest BCUT2D eigenvalue weighted by molar-refractivity contribution is 5.91. The molecule has 8 nitrogen and oxygen atoms in total. The van der Waals surface area contributed by atoms with Crippen LogP contribution < -0.4 is 34.3 Å². The van der Waals surface area contributed by atoms with Crippen molar-refractivity contribution < 1.29 is 28.5 Å². The lowest BCUT2D eigenvalue weighted by molar-refractivity contribution is -0.115. The van der Waals surface area contributed by atoms with Gasteiger partial charge in [-0.05, 0) is 12.1 Å². The quantitative estimate of drug-likeness (QED) is 0.735. The summed E-state index contributed by atoms with van der Waals surface area (Å²) in [6.07, 6.45) is 0.283. The Morgan fingerprint density at radius 1 is 0.963 bits per heavy atom. The van der Waals surface area contributed by atoms with E-state index in [2.05, 4.69) is 10.6 Å². The molecule has 0 aliphatic carbocycles. The number of methoxy groups -OCH3 is 3. The molecule has 27 heavy (non-hydrogen) atoms. The van der Waals surface area contributed by atoms with Crippen molar-refractivity contribution in [1.29, 1.82) is 0 Å². The second kappa shape index (κ2) is 8.39. The van der Waals surface area contributed by atoms with Crippen molar-refractivity contribution in [3.63, 3.8) is 0 Å². The van der Waals surface area contributed by atoms with Crippen LogP contribution in [0.2, 0.25) is 0 Å². The fraction of sp³-hybridized carbons (Fsp3) is 0.316. The Hall–Kier alpha value is -3.29. The van der Waals surface area contributed by atoms with E-state index < -0.39 is 0 Å². The highest BCUT2D eigenvalue weighted by Gasteiger charge is 2.15. The summed E-state index contributed by atoms with van der Waals surface area (Å²) < 4.78 is 26.4. The summed E-state index contributed by atoms with van der Waals surface area (Å²) in [6.45, 7) is 0.700. The van der Waals surface area contributed by atoms with Gasteiger partial charge in [-0.1, -0.05) is 0 Å². The number of carbonyl (C=O) groups is 1. The largest absolute Gasteiger partial charge is 0.493 e. The number of fused-ring (bicyclic) bond motifs is 1. The van der Waals surface area contributed by atoms with Gasteiger partial charge in [0.25, 0.3) is 0 Å². The summed E-state index contributed by atoms with van der Waals surface area (Å²) in [4.78, 5) is 12.2. The molecule has 0 fully saturated rings. The van der Waals surface area contributed by atoms with Crippen LogP contribution in [0.3, 0.4) is 0 Å². The van der Waals surface area contributed by atoms with Gasteiger partial charge in [0.05, 0.1) is 21.3 Å². The molecule has 2 aromatic carbocycles. The van der Waals surface area contributed by atoms with Gasteiger partial charge >= 0.3 is 0 Å². The number of nitrogens with one attached hydrogen (secondary N) is 2. The Morgan fingerprint density at radius 2 is 1.67 bits per heavy atom. The Kier molecular flexibility index (Phi) is 5.75. The van der Waals surface area contributed by atoms with E-state index in [0.29, 0.717) is 35.2 Å². The number of ether oxygens (including phenoxy) is 5. The predicted molar refractivity (Wildman–Crippen MR) is 100 cm³/mol. The minimum Gasteiger partial charge on any atom is -0.493 e. The molecule has 0 saturated carbocycles. The minimum atomic E-state index is -0.141. The van der Waals surface area contributed by atoms with Crippen molar-refractivity contribution in [2.45, 2.75) is 6.42 Å². The second-order valence-corrected chi connectivity index (χ2v) is 5.71. The van der Waals surface area contributed by atoms with Crippen LogP contribution in [0.4, 0.5) is 11.4 Å². The van der Waals surface area contributed by atoms with E-state index in [9.17, 15) is 4.79 Å². The maximum Gasteiger partial charge on any atom is 0.231 e. The molecule has 3 rings (SSSR count). The van der Waals surface area contributed by atoms with Crippen LogP contribution in [0.1, 0.15) is 6.42 Å². The monoisotopic (exact) mass is 374 g/mol. The fourth-order valence-electron chi connectivity index (χ4n) is 2.70. The molecule has 0 saturated heterocycles. The van der Waals surface area contributed by atoms with E-state index in [-0.39, 0.29) is 19.1 Å². The molecule has 1 amide bonds. The molecular weight excluding hydrogens is 352 g/mol. The molecule has 0 atom stereocenters. The van der Waals surface area contributed by atoms with Crippen LogP contribution in [0.5, 0.6) is 28.7 Å². The van der Waals surface area contributed by atoms with Crippen molar-refractivity contribution in [1.82, 2.24) is 0 Å². The van der Waals surface area contributed by atoms with Gasteiger partial charge in [-0.25, -0.2) is 0 Å². The molecule has 0 radical (unpaired) electrons. The molecule has 0 aromatic heterocycles. The van der Waals surface area contributed by atoms with Gasteiger partial charge in [-0.2, -0.15) is 0 Å². The lowest BCUT2D eigenvalue weighted by atomic mass is 10.2. The highest BCUT2D eigenvalue weighted by atomic mass is 16.7. The van der Waals surface area contributed by atoms with Crippen LogP contribution in [0, 0.1) is 0 Å². The lowest BCUT2D eigenvalue weighted by Crippen LogP contribution is -2.16. The smallest absolute Gasteiger partial charge is 0.231 e. The summed E-state index contributed by atoms with van der Waals surface area (Å²) >= 11 is 0. The molecule has 8 heteroatoms. The van der Waals surface area contributed by atoms with Crippen molar-refractivity contribution in [3.05, 3.63) is 30.3 Å². The van der Waals surface area contributed by atoms with Gasteiger partial charge in [0.2, 0.25) is 18.4 Å². The average molecular weight is 374 g/mol. The standard InChI is InChI=1S/C19H22N2O6/c1-23-16-9-13(10-17(24-2)19(16)25-3)21-18(22)6-7-20-12-4-5-14-15(8-12)27-11-26-14/h4-5,8-10,20H,6-7,11H2,1-3H3,(H,21,22). The van der Waals surface area contributed by atoms with E-state index in [1.807, 2.05) is 18.2 Å². The van der Waals surface area contributed by atoms with Crippen LogP contribution in [-0.2, 0) is 4.79 Å². The van der Waals surface area contributed by atoms with Gasteiger partial charge in [0, 0.05) is 42.5 Å². The number of rotatable bonds is 8. The Labute approximate surface area is 157 Å². The van der Waals surface area contributed by atoms with Crippen LogP contribution in [0.25, 0.3) is 0 Å². The molecule has 1 heterocycles. The third kappa shape index (κ3) is 4.28. The van der Waals surface area contributed by atoms with E-state index in [1.165, 1.54) is 21.3 Å². The van der Waals surface area contributed by atoms with E-state index in [1.54, 1.807) is 12.1 Å².